The molecule has 0 aliphatic carbocycles. The largest absolute Gasteiger partial charge is 0.446 e. The predicted octanol–water partition coefficient (Wildman–Crippen LogP) is 3.17. The summed E-state index contributed by atoms with van der Waals surface area (Å²) in [6.07, 6.45) is 0. The van der Waals surface area contributed by atoms with Crippen LogP contribution in [-0.4, -0.2) is 13.0 Å². The fourth-order valence-electron chi connectivity index (χ4n) is 2.12. The first kappa shape index (κ1) is 12.0. The predicted molar refractivity (Wildman–Crippen MR) is 73.6 cm³/mol. The highest BCUT2D eigenvalue weighted by Crippen LogP contribution is 2.30. The summed E-state index contributed by atoms with van der Waals surface area (Å²) >= 11 is 0. The van der Waals surface area contributed by atoms with Crippen molar-refractivity contribution in [2.24, 2.45) is 0 Å². The van der Waals surface area contributed by atoms with Crippen molar-refractivity contribution in [3.8, 4) is 5.75 Å². The van der Waals surface area contributed by atoms with E-state index in [1.54, 1.807) is 6.07 Å². The summed E-state index contributed by atoms with van der Waals surface area (Å²) < 4.78 is 35.1. The van der Waals surface area contributed by atoms with Crippen LogP contribution in [0.1, 0.15) is 0 Å². The van der Waals surface area contributed by atoms with Crippen LogP contribution in [0.2, 0.25) is 0 Å². The summed E-state index contributed by atoms with van der Waals surface area (Å²) in [5, 5.41) is 3.51. The van der Waals surface area contributed by atoms with E-state index >= 15 is 0 Å². The van der Waals surface area contributed by atoms with Crippen molar-refractivity contribution in [2.45, 2.75) is 0 Å². The molecule has 0 aliphatic heterocycles. The molecule has 0 heterocycles. The second-order valence-corrected chi connectivity index (χ2v) is 5.21. The zero-order chi connectivity index (χ0) is 13.5. The molecule has 5 heteroatoms. The second-order valence-electron chi connectivity index (χ2n) is 4.19. The minimum absolute atomic E-state index is 0.116. The number of rotatable bonds is 2. The molecule has 96 valence electrons. The van der Waals surface area contributed by atoms with Gasteiger partial charge in [-0.1, -0.05) is 36.4 Å². The van der Waals surface area contributed by atoms with Gasteiger partial charge < -0.3 is 4.18 Å². The summed E-state index contributed by atoms with van der Waals surface area (Å²) in [6, 6.07) is 16.6. The van der Waals surface area contributed by atoms with Crippen LogP contribution >= 0.6 is 0 Å². The second kappa shape index (κ2) is 4.22. The van der Waals surface area contributed by atoms with Gasteiger partial charge in [-0.15, -0.1) is 0 Å². The molecule has 0 unspecified atom stereocenters. The Morgan fingerprint density at radius 3 is 2.16 bits per heavy atom. The Labute approximate surface area is 110 Å². The normalized spacial score (nSPS) is 11.8. The minimum atomic E-state index is -4.52. The van der Waals surface area contributed by atoms with Crippen molar-refractivity contribution in [3.63, 3.8) is 0 Å². The lowest BCUT2D eigenvalue weighted by Crippen LogP contribution is -2.06. The number of hydrogen-bond donors (Lipinski definition) is 1. The number of fused-ring (bicyclic) bond motifs is 2. The first-order valence-electron chi connectivity index (χ1n) is 5.61. The summed E-state index contributed by atoms with van der Waals surface area (Å²) in [6.45, 7) is 0. The van der Waals surface area contributed by atoms with E-state index in [1.807, 2.05) is 42.5 Å². The lowest BCUT2D eigenvalue weighted by atomic mass is 10.0. The molecular formula is C14H10O4S. The fourth-order valence-corrected chi connectivity index (χ4v) is 2.50. The lowest BCUT2D eigenvalue weighted by Gasteiger charge is -2.07. The van der Waals surface area contributed by atoms with Crippen molar-refractivity contribution in [1.29, 1.82) is 0 Å². The highest BCUT2D eigenvalue weighted by molar-refractivity contribution is 7.81. The molecule has 0 fully saturated rings. The molecule has 0 atom stereocenters. The Hall–Kier alpha value is -2.11. The van der Waals surface area contributed by atoms with Crippen LogP contribution in [0.15, 0.2) is 54.6 Å². The van der Waals surface area contributed by atoms with E-state index in [2.05, 4.69) is 4.18 Å². The van der Waals surface area contributed by atoms with Gasteiger partial charge in [-0.25, -0.2) is 0 Å². The lowest BCUT2D eigenvalue weighted by molar-refractivity contribution is 0.388. The van der Waals surface area contributed by atoms with Gasteiger partial charge in [0.2, 0.25) is 0 Å². The van der Waals surface area contributed by atoms with E-state index in [1.165, 1.54) is 6.07 Å². The third-order valence-corrected chi connectivity index (χ3v) is 3.29. The fraction of sp³-hybridized carbons (Fsp3) is 0. The van der Waals surface area contributed by atoms with E-state index in [0.717, 1.165) is 16.2 Å². The number of benzene rings is 3. The van der Waals surface area contributed by atoms with E-state index in [9.17, 15) is 8.42 Å². The molecule has 3 aromatic carbocycles. The molecule has 4 nitrogen and oxygen atoms in total. The number of hydrogen-bond acceptors (Lipinski definition) is 3. The molecule has 0 aliphatic rings. The summed E-state index contributed by atoms with van der Waals surface area (Å²) in [5.41, 5.74) is 0. The Kier molecular flexibility index (Phi) is 2.66. The zero-order valence-electron chi connectivity index (χ0n) is 9.78. The topological polar surface area (TPSA) is 63.6 Å². The van der Waals surface area contributed by atoms with Gasteiger partial charge >= 0.3 is 10.4 Å². The maximum absolute atomic E-state index is 10.8. The van der Waals surface area contributed by atoms with Crippen molar-refractivity contribution in [3.05, 3.63) is 54.6 Å². The summed E-state index contributed by atoms with van der Waals surface area (Å²) in [5.74, 6) is 0.116. The zero-order valence-corrected chi connectivity index (χ0v) is 10.6. The van der Waals surface area contributed by atoms with Crippen LogP contribution in [0.4, 0.5) is 0 Å². The first-order chi connectivity index (χ1) is 9.03. The highest BCUT2D eigenvalue weighted by atomic mass is 32.3. The molecule has 1 N–H and O–H groups in total. The Morgan fingerprint density at radius 2 is 1.47 bits per heavy atom. The van der Waals surface area contributed by atoms with Crippen LogP contribution in [0, 0.1) is 0 Å². The van der Waals surface area contributed by atoms with E-state index in [-0.39, 0.29) is 5.75 Å². The Balaban J connectivity index is 2.32. The summed E-state index contributed by atoms with van der Waals surface area (Å²) in [4.78, 5) is 0. The SMILES string of the molecule is O=S(=O)(O)Oc1cccc2cc3ccccc3cc12. The first-order valence-corrected chi connectivity index (χ1v) is 6.98. The molecule has 0 radical (unpaired) electrons. The van der Waals surface area contributed by atoms with Gasteiger partial charge in [0.25, 0.3) is 0 Å². The van der Waals surface area contributed by atoms with Gasteiger partial charge in [-0.3, -0.25) is 4.55 Å². The summed E-state index contributed by atoms with van der Waals surface area (Å²) in [7, 11) is -4.52. The van der Waals surface area contributed by atoms with Gasteiger partial charge in [0, 0.05) is 5.39 Å². The van der Waals surface area contributed by atoms with Gasteiger partial charge in [0.1, 0.15) is 0 Å². The molecule has 0 saturated carbocycles. The van der Waals surface area contributed by atoms with Gasteiger partial charge in [0.15, 0.2) is 5.75 Å². The van der Waals surface area contributed by atoms with Crippen molar-refractivity contribution in [1.82, 2.24) is 0 Å². The van der Waals surface area contributed by atoms with E-state index in [0.29, 0.717) is 5.39 Å². The van der Waals surface area contributed by atoms with Gasteiger partial charge in [-0.2, -0.15) is 8.42 Å². The highest BCUT2D eigenvalue weighted by Gasteiger charge is 2.10. The van der Waals surface area contributed by atoms with Crippen LogP contribution in [-0.2, 0) is 10.4 Å². The van der Waals surface area contributed by atoms with Crippen LogP contribution < -0.4 is 4.18 Å². The average Bonchev–Trinajstić information content (AvgIpc) is 2.35. The molecule has 19 heavy (non-hydrogen) atoms. The Bertz CT molecular complexity index is 869. The van der Waals surface area contributed by atoms with Crippen LogP contribution in [0.25, 0.3) is 21.5 Å². The monoisotopic (exact) mass is 274 g/mol. The quantitative estimate of drug-likeness (QED) is 0.576. The molecule has 0 saturated heterocycles. The van der Waals surface area contributed by atoms with Gasteiger partial charge in [-0.05, 0) is 34.4 Å². The van der Waals surface area contributed by atoms with E-state index in [4.69, 9.17) is 4.55 Å². The Morgan fingerprint density at radius 1 is 0.842 bits per heavy atom. The molecular weight excluding hydrogens is 264 g/mol. The van der Waals surface area contributed by atoms with E-state index < -0.39 is 10.4 Å². The maximum atomic E-state index is 10.8. The molecule has 0 aromatic heterocycles. The van der Waals surface area contributed by atoms with Crippen molar-refractivity contribution in [2.75, 3.05) is 0 Å². The molecule has 0 amide bonds. The molecule has 0 spiro atoms. The standard InChI is InChI=1S/C14H10O4S/c15-19(16,17)18-14-7-3-6-12-8-10-4-1-2-5-11(10)9-13(12)14/h1-9H,(H,15,16,17). The average molecular weight is 274 g/mol. The molecule has 3 rings (SSSR count). The van der Waals surface area contributed by atoms with Crippen LogP contribution in [0.3, 0.4) is 0 Å². The van der Waals surface area contributed by atoms with Gasteiger partial charge in [0.05, 0.1) is 0 Å². The third-order valence-electron chi connectivity index (χ3n) is 2.90. The van der Waals surface area contributed by atoms with Crippen molar-refractivity contribution < 1.29 is 17.2 Å². The van der Waals surface area contributed by atoms with Crippen LogP contribution in [0.5, 0.6) is 5.75 Å². The third kappa shape index (κ3) is 2.38. The minimum Gasteiger partial charge on any atom is -0.361 e. The maximum Gasteiger partial charge on any atom is 0.446 e. The smallest absolute Gasteiger partial charge is 0.361 e. The molecule has 3 aromatic rings. The van der Waals surface area contributed by atoms with Crippen molar-refractivity contribution >= 4 is 31.9 Å². The molecule has 0 bridgehead atoms.